The van der Waals surface area contributed by atoms with Gasteiger partial charge < -0.3 is 10.8 Å². The Balaban J connectivity index is 1.80. The second-order valence-corrected chi connectivity index (χ2v) is 8.07. The zero-order valence-electron chi connectivity index (χ0n) is 11.8. The van der Waals surface area contributed by atoms with E-state index in [-0.39, 0.29) is 12.1 Å². The molecule has 1 aromatic rings. The highest BCUT2D eigenvalue weighted by Gasteiger charge is 2.44. The minimum atomic E-state index is -0.0985. The lowest BCUT2D eigenvalue weighted by molar-refractivity contribution is 0.114. The molecule has 2 aliphatic rings. The Labute approximate surface area is 133 Å². The van der Waals surface area contributed by atoms with Crippen molar-refractivity contribution in [3.05, 3.63) is 20.8 Å². The molecule has 3 N–H and O–H groups in total. The number of hydrogen-bond donors (Lipinski definition) is 2. The average molecular weight is 359 g/mol. The van der Waals surface area contributed by atoms with Gasteiger partial charge in [-0.05, 0) is 47.2 Å². The highest BCUT2D eigenvalue weighted by atomic mass is 79.9. The second kappa shape index (κ2) is 6.05. The number of thiophene rings is 1. The number of fused-ring (bicyclic) bond motifs is 1. The van der Waals surface area contributed by atoms with Gasteiger partial charge in [0.05, 0.1) is 12.1 Å². The molecule has 0 bridgehead atoms. The van der Waals surface area contributed by atoms with Gasteiger partial charge in [0.2, 0.25) is 0 Å². The molecule has 0 radical (unpaired) electrons. The third-order valence-corrected chi connectivity index (χ3v) is 6.76. The van der Waals surface area contributed by atoms with Crippen LogP contribution < -0.4 is 5.73 Å². The molecule has 2 heterocycles. The van der Waals surface area contributed by atoms with Gasteiger partial charge in [-0.1, -0.05) is 6.92 Å². The fraction of sp³-hybridized carbons (Fsp3) is 0.733. The first kappa shape index (κ1) is 15.0. The number of hydrogen-bond acceptors (Lipinski definition) is 4. The molecule has 5 heteroatoms. The highest BCUT2D eigenvalue weighted by molar-refractivity contribution is 9.10. The Bertz CT molecular complexity index is 466. The molecule has 0 amide bonds. The van der Waals surface area contributed by atoms with Gasteiger partial charge in [0.15, 0.2) is 0 Å². The van der Waals surface area contributed by atoms with Crippen LogP contribution in [0.4, 0.5) is 0 Å². The lowest BCUT2D eigenvalue weighted by Crippen LogP contribution is -2.40. The predicted octanol–water partition coefficient (Wildman–Crippen LogP) is 2.99. The maximum atomic E-state index is 10.1. The summed E-state index contributed by atoms with van der Waals surface area (Å²) in [6.45, 7) is 4.25. The van der Waals surface area contributed by atoms with Crippen molar-refractivity contribution < 1.29 is 5.11 Å². The van der Waals surface area contributed by atoms with E-state index in [0.717, 1.165) is 30.4 Å². The Morgan fingerprint density at radius 1 is 1.50 bits per heavy atom. The number of rotatable bonds is 4. The highest BCUT2D eigenvalue weighted by Crippen LogP contribution is 2.43. The molecule has 5 atom stereocenters. The van der Waals surface area contributed by atoms with E-state index in [9.17, 15) is 5.11 Å². The van der Waals surface area contributed by atoms with Gasteiger partial charge in [0.1, 0.15) is 0 Å². The number of aliphatic hydroxyl groups is 1. The van der Waals surface area contributed by atoms with Crippen molar-refractivity contribution in [3.8, 4) is 0 Å². The molecule has 3 rings (SSSR count). The van der Waals surface area contributed by atoms with Gasteiger partial charge in [-0.15, -0.1) is 11.3 Å². The van der Waals surface area contributed by atoms with Crippen molar-refractivity contribution >= 4 is 27.3 Å². The van der Waals surface area contributed by atoms with Crippen molar-refractivity contribution in [1.82, 2.24) is 4.90 Å². The van der Waals surface area contributed by atoms with Gasteiger partial charge >= 0.3 is 0 Å². The maximum Gasteiger partial charge on any atom is 0.0593 e. The Morgan fingerprint density at radius 3 is 2.90 bits per heavy atom. The van der Waals surface area contributed by atoms with Crippen molar-refractivity contribution in [1.29, 1.82) is 0 Å². The van der Waals surface area contributed by atoms with Crippen molar-refractivity contribution in [2.75, 3.05) is 13.1 Å². The summed E-state index contributed by atoms with van der Waals surface area (Å²) in [7, 11) is 0. The summed E-state index contributed by atoms with van der Waals surface area (Å²) in [4.78, 5) is 3.87. The maximum absolute atomic E-state index is 10.1. The average Bonchev–Trinajstić information content (AvgIpc) is 3.10. The van der Waals surface area contributed by atoms with Crippen LogP contribution in [0.15, 0.2) is 15.9 Å². The molecule has 3 nitrogen and oxygen atoms in total. The van der Waals surface area contributed by atoms with Crippen molar-refractivity contribution in [2.24, 2.45) is 17.6 Å². The van der Waals surface area contributed by atoms with Crippen LogP contribution >= 0.6 is 27.3 Å². The first-order valence-corrected chi connectivity index (χ1v) is 9.19. The summed E-state index contributed by atoms with van der Waals surface area (Å²) in [5.74, 6) is 1.13. The van der Waals surface area contributed by atoms with Crippen LogP contribution in [-0.2, 0) is 0 Å². The van der Waals surface area contributed by atoms with Crippen molar-refractivity contribution in [2.45, 2.75) is 44.4 Å². The Kier molecular flexibility index (Phi) is 4.53. The van der Waals surface area contributed by atoms with Crippen LogP contribution in [0, 0.1) is 11.8 Å². The molecule has 1 saturated heterocycles. The summed E-state index contributed by atoms with van der Waals surface area (Å²) >= 11 is 5.34. The van der Waals surface area contributed by atoms with E-state index >= 15 is 0 Å². The van der Waals surface area contributed by atoms with Gasteiger partial charge in [-0.3, -0.25) is 4.90 Å². The zero-order valence-corrected chi connectivity index (χ0v) is 14.2. The van der Waals surface area contributed by atoms with Crippen molar-refractivity contribution in [3.63, 3.8) is 0 Å². The summed E-state index contributed by atoms with van der Waals surface area (Å²) in [5.41, 5.74) is 6.41. The lowest BCUT2D eigenvalue weighted by Gasteiger charge is -2.32. The van der Waals surface area contributed by atoms with E-state index < -0.39 is 0 Å². The molecule has 1 saturated carbocycles. The number of nitrogens with two attached hydrogens (primary N) is 1. The van der Waals surface area contributed by atoms with Crippen LogP contribution in [0.25, 0.3) is 0 Å². The van der Waals surface area contributed by atoms with E-state index in [1.165, 1.54) is 11.3 Å². The largest absolute Gasteiger partial charge is 0.393 e. The minimum Gasteiger partial charge on any atom is -0.393 e. The lowest BCUT2D eigenvalue weighted by atomic mass is 9.99. The summed E-state index contributed by atoms with van der Waals surface area (Å²) in [6.07, 6.45) is 3.04. The number of likely N-dealkylation sites (tertiary alicyclic amines) is 1. The molecule has 20 heavy (non-hydrogen) atoms. The first-order chi connectivity index (χ1) is 9.60. The van der Waals surface area contributed by atoms with Gasteiger partial charge in [0.25, 0.3) is 0 Å². The number of halogens is 1. The van der Waals surface area contributed by atoms with Crippen LogP contribution in [0.1, 0.15) is 37.1 Å². The molecule has 1 aromatic heterocycles. The molecule has 1 aliphatic heterocycles. The monoisotopic (exact) mass is 358 g/mol. The van der Waals surface area contributed by atoms with E-state index in [2.05, 4.69) is 39.2 Å². The van der Waals surface area contributed by atoms with E-state index in [4.69, 9.17) is 5.73 Å². The van der Waals surface area contributed by atoms with Crippen LogP contribution in [0.3, 0.4) is 0 Å². The van der Waals surface area contributed by atoms with E-state index in [1.807, 2.05) is 0 Å². The molecule has 112 valence electrons. The fourth-order valence-corrected chi connectivity index (χ4v) is 5.52. The Morgan fingerprint density at radius 2 is 2.30 bits per heavy atom. The van der Waals surface area contributed by atoms with Crippen LogP contribution in [0.2, 0.25) is 0 Å². The number of nitrogens with zero attached hydrogens (tertiary/aromatic N) is 1. The summed E-state index contributed by atoms with van der Waals surface area (Å²) in [5, 5.41) is 12.2. The molecule has 0 aromatic carbocycles. The molecule has 5 unspecified atom stereocenters. The minimum absolute atomic E-state index is 0.0985. The third-order valence-electron chi connectivity index (χ3n) is 5.00. The SMILES string of the molecule is CCC(N)C(c1cc(Br)cs1)N1CC2CCC(O)C2C1. The molecule has 1 aliphatic carbocycles. The van der Waals surface area contributed by atoms with Gasteiger partial charge in [0, 0.05) is 39.8 Å². The topological polar surface area (TPSA) is 49.5 Å². The van der Waals surface area contributed by atoms with Gasteiger partial charge in [-0.2, -0.15) is 0 Å². The quantitative estimate of drug-likeness (QED) is 0.869. The summed E-state index contributed by atoms with van der Waals surface area (Å²) < 4.78 is 1.14. The summed E-state index contributed by atoms with van der Waals surface area (Å²) in [6, 6.07) is 2.67. The molecule has 0 spiro atoms. The molecular weight excluding hydrogens is 336 g/mol. The molecular formula is C15H23BrN2OS. The normalized spacial score (nSPS) is 33.3. The van der Waals surface area contributed by atoms with E-state index in [0.29, 0.717) is 17.9 Å². The smallest absolute Gasteiger partial charge is 0.0593 e. The van der Waals surface area contributed by atoms with Crippen LogP contribution in [-0.4, -0.2) is 35.2 Å². The Hall–Kier alpha value is 0.0600. The standard InChI is InChI=1S/C15H23BrN2OS/c1-2-12(17)15(14-5-10(16)8-20-14)18-6-9-3-4-13(19)11(9)7-18/h5,8-9,11-13,15,19H,2-4,6-7,17H2,1H3. The van der Waals surface area contributed by atoms with Gasteiger partial charge in [-0.25, -0.2) is 0 Å². The third kappa shape index (κ3) is 2.71. The predicted molar refractivity (Wildman–Crippen MR) is 86.8 cm³/mol. The van der Waals surface area contributed by atoms with Crippen LogP contribution in [0.5, 0.6) is 0 Å². The first-order valence-electron chi connectivity index (χ1n) is 7.51. The molecule has 2 fully saturated rings. The fourth-order valence-electron chi connectivity index (χ4n) is 3.87. The van der Waals surface area contributed by atoms with E-state index in [1.54, 1.807) is 11.3 Å². The second-order valence-electron chi connectivity index (χ2n) is 6.21. The zero-order chi connectivity index (χ0) is 14.3. The number of aliphatic hydroxyl groups excluding tert-OH is 1.